The van der Waals surface area contributed by atoms with Crippen LogP contribution in [-0.4, -0.2) is 19.3 Å². The van der Waals surface area contributed by atoms with Crippen LogP contribution >= 0.6 is 11.6 Å². The van der Waals surface area contributed by atoms with E-state index in [1.807, 2.05) is 38.1 Å². The highest BCUT2D eigenvalue weighted by atomic mass is 35.5. The molecule has 6 heteroatoms. The normalized spacial score (nSPS) is 17.3. The van der Waals surface area contributed by atoms with Crippen molar-refractivity contribution in [2.45, 2.75) is 46.3 Å². The molecule has 2 aromatic rings. The van der Waals surface area contributed by atoms with Gasteiger partial charge in [-0.2, -0.15) is 0 Å². The standard InChI is InChI=1S/C22H26ClNO4/c1-12(2)27-18-7-6-13(9-17(18)23)15-8-14-11-22(3,4)20(28-21(24)25)16(14)10-19(15)26-5/h6-10,12,20H,11H2,1-5H3,(H2,24,25). The number of rotatable bonds is 5. The summed E-state index contributed by atoms with van der Waals surface area (Å²) in [5.74, 6) is 1.33. The minimum atomic E-state index is -0.776. The third kappa shape index (κ3) is 3.90. The lowest BCUT2D eigenvalue weighted by molar-refractivity contribution is 0.0391. The number of carbonyl (C=O) groups is 1. The van der Waals surface area contributed by atoms with E-state index in [0.717, 1.165) is 28.7 Å². The lowest BCUT2D eigenvalue weighted by atomic mass is 9.87. The second-order valence-electron chi connectivity index (χ2n) is 8.05. The topological polar surface area (TPSA) is 70.8 Å². The number of halogens is 1. The largest absolute Gasteiger partial charge is 0.496 e. The molecule has 1 amide bonds. The van der Waals surface area contributed by atoms with Crippen molar-refractivity contribution in [1.29, 1.82) is 0 Å². The third-order valence-corrected chi connectivity index (χ3v) is 5.23. The van der Waals surface area contributed by atoms with Gasteiger partial charge in [-0.1, -0.05) is 31.5 Å². The minimum Gasteiger partial charge on any atom is -0.496 e. The van der Waals surface area contributed by atoms with Crippen molar-refractivity contribution in [3.8, 4) is 22.6 Å². The molecule has 1 unspecified atom stereocenters. The molecule has 0 radical (unpaired) electrons. The molecule has 0 aliphatic heterocycles. The average Bonchev–Trinajstić information content (AvgIpc) is 2.84. The van der Waals surface area contributed by atoms with E-state index in [1.54, 1.807) is 7.11 Å². The van der Waals surface area contributed by atoms with Gasteiger partial charge < -0.3 is 19.9 Å². The van der Waals surface area contributed by atoms with Crippen LogP contribution in [0.2, 0.25) is 5.02 Å². The van der Waals surface area contributed by atoms with Crippen LogP contribution in [0.3, 0.4) is 0 Å². The second-order valence-corrected chi connectivity index (χ2v) is 8.45. The second kappa shape index (κ2) is 7.55. The summed E-state index contributed by atoms with van der Waals surface area (Å²) in [5.41, 5.74) is 8.91. The molecule has 5 nitrogen and oxygen atoms in total. The molecular weight excluding hydrogens is 378 g/mol. The van der Waals surface area contributed by atoms with Gasteiger partial charge in [-0.05, 0) is 61.2 Å². The van der Waals surface area contributed by atoms with Crippen LogP contribution in [0.1, 0.15) is 44.9 Å². The zero-order chi connectivity index (χ0) is 20.6. The van der Waals surface area contributed by atoms with Gasteiger partial charge >= 0.3 is 6.09 Å². The lowest BCUT2D eigenvalue weighted by Crippen LogP contribution is -2.25. The highest BCUT2D eigenvalue weighted by Gasteiger charge is 2.42. The van der Waals surface area contributed by atoms with E-state index >= 15 is 0 Å². The summed E-state index contributed by atoms with van der Waals surface area (Å²) in [7, 11) is 1.62. The van der Waals surface area contributed by atoms with Crippen molar-refractivity contribution in [3.63, 3.8) is 0 Å². The van der Waals surface area contributed by atoms with Gasteiger partial charge in [0, 0.05) is 11.0 Å². The first-order valence-electron chi connectivity index (χ1n) is 9.26. The maximum absolute atomic E-state index is 11.4. The van der Waals surface area contributed by atoms with E-state index in [1.165, 1.54) is 0 Å². The van der Waals surface area contributed by atoms with Crippen LogP contribution in [0.4, 0.5) is 4.79 Å². The van der Waals surface area contributed by atoms with Gasteiger partial charge in [0.1, 0.15) is 17.6 Å². The Morgan fingerprint density at radius 1 is 1.21 bits per heavy atom. The van der Waals surface area contributed by atoms with Gasteiger partial charge in [0.2, 0.25) is 0 Å². The smallest absolute Gasteiger partial charge is 0.405 e. The van der Waals surface area contributed by atoms with Crippen LogP contribution < -0.4 is 15.2 Å². The van der Waals surface area contributed by atoms with Crippen LogP contribution in [0, 0.1) is 5.41 Å². The summed E-state index contributed by atoms with van der Waals surface area (Å²) in [6.07, 6.45) is -0.378. The Kier molecular flexibility index (Phi) is 5.48. The molecule has 0 heterocycles. The quantitative estimate of drug-likeness (QED) is 0.713. The monoisotopic (exact) mass is 403 g/mol. The predicted octanol–water partition coefficient (Wildman–Crippen LogP) is 5.52. The van der Waals surface area contributed by atoms with Crippen molar-refractivity contribution >= 4 is 17.7 Å². The molecule has 2 N–H and O–H groups in total. The summed E-state index contributed by atoms with van der Waals surface area (Å²) in [6.45, 7) is 8.03. The van der Waals surface area contributed by atoms with E-state index < -0.39 is 12.2 Å². The maximum Gasteiger partial charge on any atom is 0.405 e. The molecular formula is C22H26ClNO4. The van der Waals surface area contributed by atoms with E-state index in [0.29, 0.717) is 16.5 Å². The van der Waals surface area contributed by atoms with E-state index in [9.17, 15) is 4.79 Å². The Hall–Kier alpha value is -2.40. The molecule has 1 aliphatic rings. The average molecular weight is 404 g/mol. The summed E-state index contributed by atoms with van der Waals surface area (Å²) in [6, 6.07) is 9.72. The fourth-order valence-electron chi connectivity index (χ4n) is 3.79. The van der Waals surface area contributed by atoms with E-state index in [4.69, 9.17) is 31.5 Å². The summed E-state index contributed by atoms with van der Waals surface area (Å²) in [5, 5.41) is 0.545. The molecule has 150 valence electrons. The van der Waals surface area contributed by atoms with Gasteiger partial charge in [-0.15, -0.1) is 0 Å². The van der Waals surface area contributed by atoms with Gasteiger partial charge in [-0.25, -0.2) is 4.79 Å². The number of primary amides is 1. The molecule has 3 rings (SSSR count). The fourth-order valence-corrected chi connectivity index (χ4v) is 4.02. The van der Waals surface area contributed by atoms with Crippen LogP contribution in [-0.2, 0) is 11.2 Å². The number of carbonyl (C=O) groups excluding carboxylic acids is 1. The van der Waals surface area contributed by atoms with Gasteiger partial charge in [0.05, 0.1) is 18.2 Å². The van der Waals surface area contributed by atoms with Gasteiger partial charge in [0.15, 0.2) is 0 Å². The Morgan fingerprint density at radius 3 is 2.50 bits per heavy atom. The highest BCUT2D eigenvalue weighted by Crippen LogP contribution is 2.50. The van der Waals surface area contributed by atoms with Crippen molar-refractivity contribution in [2.75, 3.05) is 7.11 Å². The number of nitrogens with two attached hydrogens (primary N) is 1. The molecule has 0 saturated heterocycles. The molecule has 1 atom stereocenters. The zero-order valence-corrected chi connectivity index (χ0v) is 17.6. The van der Waals surface area contributed by atoms with E-state index in [2.05, 4.69) is 19.9 Å². The summed E-state index contributed by atoms with van der Waals surface area (Å²) in [4.78, 5) is 11.4. The minimum absolute atomic E-state index is 0.0438. The number of ether oxygens (including phenoxy) is 3. The number of hydrogen-bond donors (Lipinski definition) is 1. The first kappa shape index (κ1) is 20.3. The Labute approximate surface area is 170 Å². The number of fused-ring (bicyclic) bond motifs is 1. The number of benzene rings is 2. The Bertz CT molecular complexity index is 908. The number of methoxy groups -OCH3 is 1. The molecule has 0 aromatic heterocycles. The summed E-state index contributed by atoms with van der Waals surface area (Å²) < 4.78 is 16.8. The Balaban J connectivity index is 2.05. The molecule has 0 bridgehead atoms. The zero-order valence-electron chi connectivity index (χ0n) is 16.8. The van der Waals surface area contributed by atoms with Crippen molar-refractivity contribution in [2.24, 2.45) is 11.1 Å². The number of amides is 1. The predicted molar refractivity (Wildman–Crippen MR) is 110 cm³/mol. The van der Waals surface area contributed by atoms with Crippen LogP contribution in [0.25, 0.3) is 11.1 Å². The van der Waals surface area contributed by atoms with Crippen molar-refractivity contribution < 1.29 is 19.0 Å². The van der Waals surface area contributed by atoms with Crippen LogP contribution in [0.5, 0.6) is 11.5 Å². The SMILES string of the molecule is COc1cc2c(cc1-c1ccc(OC(C)C)c(Cl)c1)CC(C)(C)C2OC(N)=O. The van der Waals surface area contributed by atoms with Gasteiger partial charge in [-0.3, -0.25) is 0 Å². The lowest BCUT2D eigenvalue weighted by Gasteiger charge is -2.26. The van der Waals surface area contributed by atoms with Crippen molar-refractivity contribution in [1.82, 2.24) is 0 Å². The Morgan fingerprint density at radius 2 is 1.93 bits per heavy atom. The molecule has 0 spiro atoms. The van der Waals surface area contributed by atoms with Gasteiger partial charge in [0.25, 0.3) is 0 Å². The number of hydrogen-bond acceptors (Lipinski definition) is 4. The molecule has 0 fully saturated rings. The third-order valence-electron chi connectivity index (χ3n) is 4.94. The molecule has 0 saturated carbocycles. The maximum atomic E-state index is 11.4. The summed E-state index contributed by atoms with van der Waals surface area (Å²) >= 11 is 6.42. The first-order valence-corrected chi connectivity index (χ1v) is 9.63. The molecule has 2 aromatic carbocycles. The molecule has 28 heavy (non-hydrogen) atoms. The first-order chi connectivity index (χ1) is 13.1. The van der Waals surface area contributed by atoms with E-state index in [-0.39, 0.29) is 11.5 Å². The highest BCUT2D eigenvalue weighted by molar-refractivity contribution is 6.32. The molecule has 1 aliphatic carbocycles. The van der Waals surface area contributed by atoms with Crippen molar-refractivity contribution in [3.05, 3.63) is 46.5 Å². The fraction of sp³-hybridized carbons (Fsp3) is 0.409. The van der Waals surface area contributed by atoms with Crippen LogP contribution in [0.15, 0.2) is 30.3 Å².